The van der Waals surface area contributed by atoms with E-state index in [2.05, 4.69) is 10.6 Å². The Bertz CT molecular complexity index is 850. The number of hydrogen-bond donors (Lipinski definition) is 4. The number of nitrogens with one attached hydrogen (secondary N) is 2. The highest BCUT2D eigenvalue weighted by Gasteiger charge is 2.10. The van der Waals surface area contributed by atoms with Gasteiger partial charge in [-0.2, -0.15) is 0 Å². The van der Waals surface area contributed by atoms with Gasteiger partial charge in [-0.1, -0.05) is 18.2 Å². The maximum absolute atomic E-state index is 11.9. The maximum atomic E-state index is 11.9. The number of carboxylic acids is 1. The van der Waals surface area contributed by atoms with Gasteiger partial charge in [-0.3, -0.25) is 4.79 Å². The third kappa shape index (κ3) is 7.28. The van der Waals surface area contributed by atoms with Gasteiger partial charge in [0, 0.05) is 19.2 Å². The van der Waals surface area contributed by atoms with E-state index in [1.165, 1.54) is 37.5 Å². The first-order valence-corrected chi connectivity index (χ1v) is 8.98. The van der Waals surface area contributed by atoms with Gasteiger partial charge in [-0.25, -0.2) is 4.79 Å². The number of rotatable bonds is 5. The van der Waals surface area contributed by atoms with E-state index in [0.717, 1.165) is 26.3 Å². The first kappa shape index (κ1) is 21.9. The molecule has 0 aromatic heterocycles. The van der Waals surface area contributed by atoms with Gasteiger partial charge in [0.2, 0.25) is 5.91 Å². The number of phenolic OH excluding ortho intramolecular Hbond substituents is 1. The number of aromatic carboxylic acids is 1. The number of aromatic hydroxyl groups is 1. The second kappa shape index (κ2) is 11.5. The van der Waals surface area contributed by atoms with Gasteiger partial charge in [-0.15, -0.1) is 0 Å². The number of carbonyl (C=O) groups is 2. The largest absolute Gasteiger partial charge is 0.504 e. The summed E-state index contributed by atoms with van der Waals surface area (Å²) in [7, 11) is 1.44. The van der Waals surface area contributed by atoms with Crippen LogP contribution in [0.2, 0.25) is 0 Å². The smallest absolute Gasteiger partial charge is 0.337 e. The molecule has 0 radical (unpaired) electrons. The monoisotopic (exact) mass is 400 g/mol. The summed E-state index contributed by atoms with van der Waals surface area (Å²) in [6, 6.07) is 10.8. The molecule has 0 bridgehead atoms. The number of ether oxygens (including phenoxy) is 2. The van der Waals surface area contributed by atoms with Gasteiger partial charge in [0.15, 0.2) is 11.5 Å². The van der Waals surface area contributed by atoms with Crippen molar-refractivity contribution in [1.29, 1.82) is 0 Å². The zero-order valence-electron chi connectivity index (χ0n) is 16.1. The molecule has 0 saturated carbocycles. The molecule has 8 heteroatoms. The van der Waals surface area contributed by atoms with Crippen molar-refractivity contribution in [3.8, 4) is 11.5 Å². The minimum absolute atomic E-state index is 0.0105. The summed E-state index contributed by atoms with van der Waals surface area (Å²) in [6.07, 6.45) is 2.75. The topological polar surface area (TPSA) is 117 Å². The van der Waals surface area contributed by atoms with Crippen molar-refractivity contribution in [3.63, 3.8) is 0 Å². The fourth-order valence-corrected chi connectivity index (χ4v) is 2.45. The fraction of sp³-hybridized carbons (Fsp3) is 0.238. The van der Waals surface area contributed by atoms with E-state index in [9.17, 15) is 14.7 Å². The van der Waals surface area contributed by atoms with Crippen LogP contribution in [0, 0.1) is 0 Å². The molecular weight excluding hydrogens is 376 g/mol. The average molecular weight is 400 g/mol. The Balaban J connectivity index is 0.000000426. The molecule has 8 nitrogen and oxygen atoms in total. The third-order valence-corrected chi connectivity index (χ3v) is 3.89. The lowest BCUT2D eigenvalue weighted by Crippen LogP contribution is -2.30. The van der Waals surface area contributed by atoms with Crippen molar-refractivity contribution in [2.24, 2.45) is 0 Å². The minimum atomic E-state index is -1.12. The summed E-state index contributed by atoms with van der Waals surface area (Å²) >= 11 is 0. The molecule has 1 aliphatic heterocycles. The SMILES string of the molecule is C1COCCN1.COc1ccc(/C=C/C(=O)Nc2ccccc2C(=O)O)cc1O. The molecule has 1 fully saturated rings. The van der Waals surface area contributed by atoms with Crippen molar-refractivity contribution in [2.75, 3.05) is 38.7 Å². The van der Waals surface area contributed by atoms with Crippen molar-refractivity contribution < 1.29 is 29.3 Å². The first-order valence-electron chi connectivity index (χ1n) is 8.98. The highest BCUT2D eigenvalue weighted by atomic mass is 16.5. The lowest BCUT2D eigenvalue weighted by molar-refractivity contribution is -0.111. The quantitative estimate of drug-likeness (QED) is 0.569. The molecule has 4 N–H and O–H groups in total. The predicted molar refractivity (Wildman–Crippen MR) is 109 cm³/mol. The summed E-state index contributed by atoms with van der Waals surface area (Å²) in [5.74, 6) is -1.30. The number of methoxy groups -OCH3 is 1. The van der Waals surface area contributed by atoms with Crippen LogP contribution in [0.25, 0.3) is 6.08 Å². The number of carbonyl (C=O) groups excluding carboxylic acids is 1. The van der Waals surface area contributed by atoms with Gasteiger partial charge in [-0.05, 0) is 35.9 Å². The molecule has 1 aliphatic rings. The molecule has 2 aromatic rings. The highest BCUT2D eigenvalue weighted by molar-refractivity contribution is 6.06. The molecule has 0 aliphatic carbocycles. The zero-order valence-corrected chi connectivity index (χ0v) is 16.1. The van der Waals surface area contributed by atoms with E-state index < -0.39 is 11.9 Å². The summed E-state index contributed by atoms with van der Waals surface area (Å²) in [6.45, 7) is 3.83. The number of benzene rings is 2. The second-order valence-electron chi connectivity index (χ2n) is 5.97. The molecule has 0 unspecified atom stereocenters. The molecule has 2 aromatic carbocycles. The van der Waals surface area contributed by atoms with Gasteiger partial charge in [0.05, 0.1) is 31.6 Å². The van der Waals surface area contributed by atoms with E-state index in [1.807, 2.05) is 0 Å². The third-order valence-electron chi connectivity index (χ3n) is 3.89. The number of carboxylic acid groups (broad SMARTS) is 1. The van der Waals surface area contributed by atoms with Crippen molar-refractivity contribution >= 4 is 23.6 Å². The fourth-order valence-electron chi connectivity index (χ4n) is 2.45. The van der Waals surface area contributed by atoms with Crippen LogP contribution < -0.4 is 15.4 Å². The second-order valence-corrected chi connectivity index (χ2v) is 5.97. The van der Waals surface area contributed by atoms with Gasteiger partial charge >= 0.3 is 5.97 Å². The van der Waals surface area contributed by atoms with Crippen LogP contribution in [-0.4, -0.2) is 55.5 Å². The predicted octanol–water partition coefficient (Wildman–Crippen LogP) is 2.36. The van der Waals surface area contributed by atoms with Crippen molar-refractivity contribution in [1.82, 2.24) is 5.32 Å². The van der Waals surface area contributed by atoms with Crippen LogP contribution in [0.4, 0.5) is 5.69 Å². The van der Waals surface area contributed by atoms with Gasteiger partial charge < -0.3 is 30.3 Å². The molecule has 1 amide bonds. The van der Waals surface area contributed by atoms with Gasteiger partial charge in [0.1, 0.15) is 0 Å². The normalized spacial score (nSPS) is 13.3. The Hall–Kier alpha value is -3.36. The Morgan fingerprint density at radius 3 is 2.45 bits per heavy atom. The number of anilines is 1. The van der Waals surface area contributed by atoms with Crippen molar-refractivity contribution in [3.05, 3.63) is 59.7 Å². The Labute approximate surface area is 168 Å². The molecule has 154 valence electrons. The maximum Gasteiger partial charge on any atom is 0.337 e. The molecule has 3 rings (SSSR count). The summed E-state index contributed by atoms with van der Waals surface area (Å²) in [5.41, 5.74) is 0.827. The van der Waals surface area contributed by atoms with Crippen LogP contribution in [0.3, 0.4) is 0 Å². The summed E-state index contributed by atoms with van der Waals surface area (Å²) < 4.78 is 9.94. The minimum Gasteiger partial charge on any atom is -0.504 e. The number of morpholine rings is 1. The Morgan fingerprint density at radius 2 is 1.90 bits per heavy atom. The van der Waals surface area contributed by atoms with Crippen LogP contribution in [0.15, 0.2) is 48.5 Å². The number of amides is 1. The first-order chi connectivity index (χ1) is 14.0. The van der Waals surface area contributed by atoms with Crippen molar-refractivity contribution in [2.45, 2.75) is 0 Å². The Kier molecular flexibility index (Phi) is 8.68. The standard InChI is InChI=1S/C17H15NO5.C4H9NO/c1-23-15-8-6-11(10-14(15)19)7-9-16(20)18-13-5-3-2-4-12(13)17(21)22;1-3-6-4-2-5-1/h2-10,19H,1H3,(H,18,20)(H,21,22);5H,1-4H2/b9-7+;. The molecular formula is C21H24N2O6. The van der Waals surface area contributed by atoms with E-state index >= 15 is 0 Å². The zero-order chi connectivity index (χ0) is 21.1. The Morgan fingerprint density at radius 1 is 1.17 bits per heavy atom. The molecule has 1 heterocycles. The average Bonchev–Trinajstić information content (AvgIpc) is 2.74. The molecule has 0 spiro atoms. The van der Waals surface area contributed by atoms with E-state index in [1.54, 1.807) is 24.3 Å². The number of hydrogen-bond acceptors (Lipinski definition) is 6. The summed E-state index contributed by atoms with van der Waals surface area (Å²) in [4.78, 5) is 23.0. The lowest BCUT2D eigenvalue weighted by Gasteiger charge is -2.10. The van der Waals surface area contributed by atoms with E-state index in [4.69, 9.17) is 14.6 Å². The number of para-hydroxylation sites is 1. The van der Waals surface area contributed by atoms with Gasteiger partial charge in [0.25, 0.3) is 0 Å². The highest BCUT2D eigenvalue weighted by Crippen LogP contribution is 2.26. The molecule has 1 saturated heterocycles. The molecule has 0 atom stereocenters. The van der Waals surface area contributed by atoms with E-state index in [0.29, 0.717) is 11.3 Å². The van der Waals surface area contributed by atoms with Crippen LogP contribution in [0.1, 0.15) is 15.9 Å². The van der Waals surface area contributed by atoms with E-state index in [-0.39, 0.29) is 17.0 Å². The van der Waals surface area contributed by atoms with Crippen LogP contribution in [-0.2, 0) is 9.53 Å². The molecule has 29 heavy (non-hydrogen) atoms. The van der Waals surface area contributed by atoms with Crippen LogP contribution in [0.5, 0.6) is 11.5 Å². The number of phenols is 1. The lowest BCUT2D eigenvalue weighted by atomic mass is 10.1. The van der Waals surface area contributed by atoms with Crippen LogP contribution >= 0.6 is 0 Å². The summed E-state index contributed by atoms with van der Waals surface area (Å²) in [5, 5.41) is 24.4.